The maximum Gasteiger partial charge on any atom is 3.00 e. The normalized spacial score (nSPS) is 12.0. The van der Waals surface area contributed by atoms with Gasteiger partial charge in [-0.2, -0.15) is 30.3 Å². The van der Waals surface area contributed by atoms with E-state index in [-0.39, 0.29) is 20.1 Å². The third kappa shape index (κ3) is 4.74. The van der Waals surface area contributed by atoms with Crippen molar-refractivity contribution in [2.45, 2.75) is 0 Å². The first-order valence-corrected chi connectivity index (χ1v) is 19.7. The van der Waals surface area contributed by atoms with Crippen molar-refractivity contribution in [1.82, 2.24) is 18.5 Å². The van der Waals surface area contributed by atoms with Gasteiger partial charge < -0.3 is 26.9 Å². The van der Waals surface area contributed by atoms with Gasteiger partial charge in [0.2, 0.25) is 6.33 Å². The van der Waals surface area contributed by atoms with Crippen molar-refractivity contribution in [3.05, 3.63) is 170 Å². The molecule has 0 N–H and O–H groups in total. The molecule has 8 heteroatoms. The maximum absolute atomic E-state index is 6.55. The quantitative estimate of drug-likeness (QED) is 0.128. The number of rotatable bonds is 2. The zero-order valence-electron chi connectivity index (χ0n) is 32.3. The third-order valence-corrected chi connectivity index (χ3v) is 12.0. The number of para-hydroxylation sites is 6. The molecule has 0 aliphatic rings. The van der Waals surface area contributed by atoms with Crippen molar-refractivity contribution >= 4 is 104 Å². The van der Waals surface area contributed by atoms with E-state index >= 15 is 0 Å². The summed E-state index contributed by atoms with van der Waals surface area (Å²) in [5, 5.41) is 9.30. The number of hydrogen-bond acceptors (Lipinski definition) is 3. The Morgan fingerprint density at radius 1 is 0.567 bits per heavy atom. The number of fused-ring (bicyclic) bond motifs is 15. The van der Waals surface area contributed by atoms with E-state index in [2.05, 4.69) is 113 Å². The van der Waals surface area contributed by atoms with Crippen LogP contribution in [0.1, 0.15) is 0 Å². The molecule has 284 valence electrons. The van der Waals surface area contributed by atoms with Crippen molar-refractivity contribution in [3.63, 3.8) is 0 Å². The number of furan rings is 2. The van der Waals surface area contributed by atoms with Crippen molar-refractivity contribution in [2.75, 3.05) is 0 Å². The molecule has 0 amide bonds. The average molecular weight is 950 g/mol. The monoisotopic (exact) mass is 950 g/mol. The number of benzene rings is 8. The molecule has 7 nitrogen and oxygen atoms in total. The molecule has 60 heavy (non-hydrogen) atoms. The number of aryl methyl sites for hydroxylation is 2. The van der Waals surface area contributed by atoms with E-state index in [1.165, 1.54) is 43.6 Å². The summed E-state index contributed by atoms with van der Waals surface area (Å²) in [6.45, 7) is 0. The Hall–Kier alpha value is -7.25. The molecular weight excluding hydrogens is 919 g/mol. The van der Waals surface area contributed by atoms with Gasteiger partial charge in [-0.25, -0.2) is 0 Å². The van der Waals surface area contributed by atoms with Crippen molar-refractivity contribution < 1.29 is 33.5 Å². The van der Waals surface area contributed by atoms with Gasteiger partial charge in [0.25, 0.3) is 0 Å². The minimum atomic E-state index is 0. The van der Waals surface area contributed by atoms with Gasteiger partial charge in [0, 0.05) is 39.4 Å². The molecule has 0 aliphatic heterocycles. The Morgan fingerprint density at radius 2 is 1.33 bits per heavy atom. The first-order chi connectivity index (χ1) is 29.1. The summed E-state index contributed by atoms with van der Waals surface area (Å²) in [7, 11) is 4.08. The van der Waals surface area contributed by atoms with Gasteiger partial charge in [0.05, 0.1) is 62.5 Å². The molecule has 8 aromatic carbocycles. The van der Waals surface area contributed by atoms with Gasteiger partial charge in [-0.3, -0.25) is 4.98 Å². The van der Waals surface area contributed by atoms with Crippen molar-refractivity contribution in [1.29, 1.82) is 0 Å². The fraction of sp³-hybridized carbons (Fsp3) is 0.0385. The van der Waals surface area contributed by atoms with E-state index in [0.717, 1.165) is 77.5 Å². The molecule has 14 rings (SSSR count). The van der Waals surface area contributed by atoms with Crippen molar-refractivity contribution in [2.24, 2.45) is 14.1 Å². The van der Waals surface area contributed by atoms with E-state index in [4.69, 9.17) is 13.8 Å². The summed E-state index contributed by atoms with van der Waals surface area (Å²) in [5.41, 5.74) is 13.2. The molecule has 0 saturated carbocycles. The number of imidazole rings is 2. The molecule has 6 aromatic heterocycles. The van der Waals surface area contributed by atoms with Crippen LogP contribution in [-0.2, 0) is 34.2 Å². The first kappa shape index (κ1) is 34.8. The summed E-state index contributed by atoms with van der Waals surface area (Å²) in [6, 6.07) is 58.9. The van der Waals surface area contributed by atoms with E-state index in [9.17, 15) is 0 Å². The average Bonchev–Trinajstić information content (AvgIpc) is 4.13. The third-order valence-electron chi connectivity index (χ3n) is 12.0. The molecule has 0 radical (unpaired) electrons. The molecule has 0 saturated heterocycles. The predicted octanol–water partition coefficient (Wildman–Crippen LogP) is 12.0. The van der Waals surface area contributed by atoms with Crippen LogP contribution < -0.4 is 4.57 Å². The summed E-state index contributed by atoms with van der Waals surface area (Å²) in [6.07, 6.45) is 3.27. The second kappa shape index (κ2) is 12.9. The molecule has 0 atom stereocenters. The van der Waals surface area contributed by atoms with Gasteiger partial charge >= 0.3 is 20.1 Å². The fourth-order valence-electron chi connectivity index (χ4n) is 9.47. The van der Waals surface area contributed by atoms with Gasteiger partial charge in [-0.1, -0.05) is 95.5 Å². The Kier molecular flexibility index (Phi) is 7.46. The van der Waals surface area contributed by atoms with Crippen LogP contribution in [0.4, 0.5) is 0 Å². The molecule has 0 spiro atoms. The van der Waals surface area contributed by atoms with Crippen LogP contribution in [0.3, 0.4) is 0 Å². The molecule has 14 aromatic rings. The van der Waals surface area contributed by atoms with Crippen molar-refractivity contribution in [3.8, 4) is 17.1 Å². The van der Waals surface area contributed by atoms with Gasteiger partial charge in [-0.05, 0) is 36.4 Å². The van der Waals surface area contributed by atoms with E-state index in [1.54, 1.807) is 0 Å². The van der Waals surface area contributed by atoms with E-state index < -0.39 is 0 Å². The zero-order chi connectivity index (χ0) is 38.9. The van der Waals surface area contributed by atoms with Crippen LogP contribution in [0.15, 0.2) is 160 Å². The van der Waals surface area contributed by atoms with Crippen LogP contribution in [0.5, 0.6) is 0 Å². The smallest absolute Gasteiger partial charge is 0.501 e. The van der Waals surface area contributed by atoms with Crippen LogP contribution in [0, 0.1) is 18.5 Å². The Balaban J connectivity index is 0.000000193. The molecule has 6 heterocycles. The molecule has 0 unspecified atom stereocenters. The first-order valence-electron chi connectivity index (χ1n) is 19.7. The molecule has 0 fully saturated rings. The van der Waals surface area contributed by atoms with Crippen LogP contribution in [0.2, 0.25) is 0 Å². The minimum absolute atomic E-state index is 0. The summed E-state index contributed by atoms with van der Waals surface area (Å²) >= 11 is 0. The predicted molar refractivity (Wildman–Crippen MR) is 236 cm³/mol. The van der Waals surface area contributed by atoms with Gasteiger partial charge in [0.15, 0.2) is 0 Å². The van der Waals surface area contributed by atoms with E-state index in [1.807, 2.05) is 89.0 Å². The maximum atomic E-state index is 6.55. The Bertz CT molecular complexity index is 4000. The summed E-state index contributed by atoms with van der Waals surface area (Å²) in [5.74, 6) is 0.813. The minimum Gasteiger partial charge on any atom is -0.501 e. The Morgan fingerprint density at radius 3 is 2.20 bits per heavy atom. The number of aromatic nitrogens is 5. The van der Waals surface area contributed by atoms with Crippen LogP contribution >= 0.6 is 0 Å². The van der Waals surface area contributed by atoms with Crippen LogP contribution in [-0.4, -0.2) is 18.5 Å². The van der Waals surface area contributed by atoms with Gasteiger partial charge in [0.1, 0.15) is 16.7 Å². The zero-order valence-corrected chi connectivity index (χ0v) is 34.7. The largest absolute Gasteiger partial charge is 3.00 e. The summed E-state index contributed by atoms with van der Waals surface area (Å²) < 4.78 is 21.5. The molecular formula is C52H31IrN5O2+. The number of nitrogens with zero attached hydrogens (tertiary/aromatic N) is 5. The molecule has 0 bridgehead atoms. The fourth-order valence-corrected chi connectivity index (χ4v) is 9.47. The number of hydrogen-bond donors (Lipinski definition) is 0. The van der Waals surface area contributed by atoms with E-state index in [0.29, 0.717) is 0 Å². The topological polar surface area (TPSA) is 57.3 Å². The van der Waals surface area contributed by atoms with Gasteiger partial charge in [-0.15, -0.1) is 18.2 Å². The standard InChI is InChI=1S/C38H20N3O2.C14H11N2.Ir/c1-40-36-28(39-38(40)25-13-7-12-24-21-9-3-5-15-31(21)43-37(24)25)16-17-32-34(36)27-18-30-26(19-33(27)42-32)23-11-6-10-22-20-8-2-4-14-29(20)41(30)35(22)23;1-15-11-16(12-7-3-2-4-8-12)14-10-6-5-9-13(14)15;/h2-12,14-19H,1H3;2-7,9-10H,1H3;/q2*-1;+3. The Labute approximate surface area is 355 Å². The second-order valence-corrected chi connectivity index (χ2v) is 15.2. The second-order valence-electron chi connectivity index (χ2n) is 15.2. The van der Waals surface area contributed by atoms with Crippen LogP contribution in [0.25, 0.3) is 121 Å². The SMILES string of the molecule is C[n+]1[c-]n(-c2[c-]cccc2)c2ccccc21.Cn1c(-c2[c-]ccc3c2oc2ccccc23)nc2ccc3oc4cc5c6cccc7c8ccccc8n(c5cc4c3c21)c76.[Ir+3]. The molecule has 0 aliphatic carbocycles. The summed E-state index contributed by atoms with van der Waals surface area (Å²) in [4.78, 5) is 5.13.